The number of unbranched alkanes of at least 4 members (excludes halogenated alkanes) is 1. The molecule has 146 valence electrons. The number of carboxylic acids is 1. The second kappa shape index (κ2) is 10.0. The first-order valence-corrected chi connectivity index (χ1v) is 10.1. The van der Waals surface area contributed by atoms with E-state index in [0.717, 1.165) is 6.42 Å². The standard InChI is InChI=1S/C17H26N2O6S/c1-4-5-6-15(17(21)22)18-16(20)11-26(23,24)19-13-7-9-14(10-8-13)25-12(2)3/h7-10,12,15,19H,4-6,11H2,1-3H3,(H,18,20)(H,21,22)/t15-/m0/s1. The Bertz CT molecular complexity index is 700. The quantitative estimate of drug-likeness (QED) is 0.534. The zero-order valence-corrected chi connectivity index (χ0v) is 16.0. The summed E-state index contributed by atoms with van der Waals surface area (Å²) in [7, 11) is -3.96. The predicted octanol–water partition coefficient (Wildman–Crippen LogP) is 1.98. The van der Waals surface area contributed by atoms with Gasteiger partial charge in [-0.3, -0.25) is 9.52 Å². The van der Waals surface area contributed by atoms with Gasteiger partial charge in [-0.05, 0) is 44.5 Å². The molecule has 1 atom stereocenters. The molecule has 0 aliphatic heterocycles. The van der Waals surface area contributed by atoms with Crippen molar-refractivity contribution in [1.82, 2.24) is 5.32 Å². The third-order valence-electron chi connectivity index (χ3n) is 3.30. The first-order valence-electron chi connectivity index (χ1n) is 8.42. The van der Waals surface area contributed by atoms with Crippen LogP contribution >= 0.6 is 0 Å². The zero-order chi connectivity index (χ0) is 19.7. The summed E-state index contributed by atoms with van der Waals surface area (Å²) in [6, 6.07) is 5.18. The molecule has 9 heteroatoms. The molecule has 0 unspecified atom stereocenters. The number of carbonyl (C=O) groups is 2. The molecule has 0 bridgehead atoms. The van der Waals surface area contributed by atoms with Crippen LogP contribution in [0.2, 0.25) is 0 Å². The van der Waals surface area contributed by atoms with Crippen LogP contribution in [0.3, 0.4) is 0 Å². The van der Waals surface area contributed by atoms with Gasteiger partial charge >= 0.3 is 5.97 Å². The highest BCUT2D eigenvalue weighted by molar-refractivity contribution is 7.93. The van der Waals surface area contributed by atoms with E-state index in [9.17, 15) is 18.0 Å². The molecule has 3 N–H and O–H groups in total. The van der Waals surface area contributed by atoms with Crippen molar-refractivity contribution in [3.05, 3.63) is 24.3 Å². The summed E-state index contributed by atoms with van der Waals surface area (Å²) < 4.78 is 31.9. The van der Waals surface area contributed by atoms with E-state index < -0.39 is 33.7 Å². The average molecular weight is 386 g/mol. The minimum atomic E-state index is -3.96. The third-order valence-corrected chi connectivity index (χ3v) is 4.49. The van der Waals surface area contributed by atoms with Crippen molar-refractivity contribution < 1.29 is 27.9 Å². The summed E-state index contributed by atoms with van der Waals surface area (Å²) in [6.45, 7) is 5.65. The molecule has 0 saturated carbocycles. The van der Waals surface area contributed by atoms with Crippen LogP contribution in [0.4, 0.5) is 5.69 Å². The molecule has 8 nitrogen and oxygen atoms in total. The van der Waals surface area contributed by atoms with Crippen LogP contribution in [0.15, 0.2) is 24.3 Å². The van der Waals surface area contributed by atoms with Crippen molar-refractivity contribution in [3.63, 3.8) is 0 Å². The average Bonchev–Trinajstić information content (AvgIpc) is 2.51. The maximum atomic E-state index is 12.1. The fraction of sp³-hybridized carbons (Fsp3) is 0.529. The molecular formula is C17H26N2O6S. The fourth-order valence-corrected chi connectivity index (χ4v) is 3.16. The van der Waals surface area contributed by atoms with Gasteiger partial charge in [-0.2, -0.15) is 0 Å². The van der Waals surface area contributed by atoms with Gasteiger partial charge in [0.15, 0.2) is 0 Å². The Morgan fingerprint density at radius 2 is 1.81 bits per heavy atom. The number of hydrogen-bond donors (Lipinski definition) is 3. The van der Waals surface area contributed by atoms with Crippen molar-refractivity contribution in [2.75, 3.05) is 10.5 Å². The largest absolute Gasteiger partial charge is 0.491 e. The Kier molecular flexibility index (Phi) is 8.37. The number of sulfonamides is 1. The van der Waals surface area contributed by atoms with E-state index in [1.54, 1.807) is 12.1 Å². The highest BCUT2D eigenvalue weighted by Crippen LogP contribution is 2.17. The van der Waals surface area contributed by atoms with Crippen LogP contribution < -0.4 is 14.8 Å². The Morgan fingerprint density at radius 3 is 2.31 bits per heavy atom. The zero-order valence-electron chi connectivity index (χ0n) is 15.2. The first kappa shape index (κ1) is 21.8. The lowest BCUT2D eigenvalue weighted by Gasteiger charge is -2.15. The molecule has 1 aromatic carbocycles. The Labute approximate surface area is 154 Å². The normalized spacial score (nSPS) is 12.5. The minimum Gasteiger partial charge on any atom is -0.491 e. The maximum absolute atomic E-state index is 12.1. The van der Waals surface area contributed by atoms with E-state index in [1.807, 2.05) is 20.8 Å². The molecule has 1 aromatic rings. The molecule has 0 heterocycles. The molecule has 0 fully saturated rings. The second-order valence-corrected chi connectivity index (χ2v) is 7.87. The minimum absolute atomic E-state index is 0.00359. The molecule has 26 heavy (non-hydrogen) atoms. The van der Waals surface area contributed by atoms with Gasteiger partial charge in [0.1, 0.15) is 17.5 Å². The van der Waals surface area contributed by atoms with Gasteiger partial charge in [-0.1, -0.05) is 19.8 Å². The molecular weight excluding hydrogens is 360 g/mol. The first-order chi connectivity index (χ1) is 12.1. The number of aliphatic carboxylic acids is 1. The lowest BCUT2D eigenvalue weighted by atomic mass is 10.1. The number of ether oxygens (including phenoxy) is 1. The van der Waals surface area contributed by atoms with Crippen molar-refractivity contribution in [1.29, 1.82) is 0 Å². The second-order valence-electron chi connectivity index (χ2n) is 6.15. The van der Waals surface area contributed by atoms with E-state index in [4.69, 9.17) is 9.84 Å². The number of carboxylic acid groups (broad SMARTS) is 1. The van der Waals surface area contributed by atoms with Gasteiger partial charge in [0, 0.05) is 5.69 Å². The fourth-order valence-electron chi connectivity index (χ4n) is 2.16. The van der Waals surface area contributed by atoms with Crippen molar-refractivity contribution >= 4 is 27.6 Å². The van der Waals surface area contributed by atoms with E-state index >= 15 is 0 Å². The van der Waals surface area contributed by atoms with E-state index in [2.05, 4.69) is 10.0 Å². The van der Waals surface area contributed by atoms with Crippen LogP contribution in [0.1, 0.15) is 40.0 Å². The molecule has 0 aliphatic rings. The number of anilines is 1. The van der Waals surface area contributed by atoms with Crippen LogP contribution in [0.25, 0.3) is 0 Å². The topological polar surface area (TPSA) is 122 Å². The molecule has 1 amide bonds. The SMILES string of the molecule is CCCC[C@H](NC(=O)CS(=O)(=O)Nc1ccc(OC(C)C)cc1)C(=O)O. The highest BCUT2D eigenvalue weighted by atomic mass is 32.2. The monoisotopic (exact) mass is 386 g/mol. The number of hydrogen-bond acceptors (Lipinski definition) is 5. The lowest BCUT2D eigenvalue weighted by Crippen LogP contribution is -2.43. The summed E-state index contributed by atoms with van der Waals surface area (Å²) in [5.74, 6) is -2.30. The number of carbonyl (C=O) groups excluding carboxylic acids is 1. The van der Waals surface area contributed by atoms with Gasteiger partial charge in [0.2, 0.25) is 15.9 Å². The van der Waals surface area contributed by atoms with Crippen LogP contribution in [-0.2, 0) is 19.6 Å². The van der Waals surface area contributed by atoms with Gasteiger partial charge in [-0.15, -0.1) is 0 Å². The Hall–Kier alpha value is -2.29. The molecule has 0 spiro atoms. The predicted molar refractivity (Wildman–Crippen MR) is 98.7 cm³/mol. The number of rotatable bonds is 11. The Morgan fingerprint density at radius 1 is 1.19 bits per heavy atom. The Balaban J connectivity index is 2.64. The van der Waals surface area contributed by atoms with Crippen LogP contribution in [0.5, 0.6) is 5.75 Å². The summed E-state index contributed by atoms with van der Waals surface area (Å²) >= 11 is 0. The summed E-state index contributed by atoms with van der Waals surface area (Å²) in [6.07, 6.45) is 1.64. The van der Waals surface area contributed by atoms with Crippen molar-refractivity contribution in [2.45, 2.75) is 52.2 Å². The van der Waals surface area contributed by atoms with Crippen molar-refractivity contribution in [2.24, 2.45) is 0 Å². The number of amides is 1. The molecule has 0 aliphatic carbocycles. The van der Waals surface area contributed by atoms with E-state index in [-0.39, 0.29) is 18.2 Å². The third kappa shape index (κ3) is 8.19. The molecule has 0 radical (unpaired) electrons. The van der Waals surface area contributed by atoms with Gasteiger partial charge in [0.05, 0.1) is 6.10 Å². The van der Waals surface area contributed by atoms with E-state index in [1.165, 1.54) is 12.1 Å². The number of nitrogens with one attached hydrogen (secondary N) is 2. The smallest absolute Gasteiger partial charge is 0.326 e. The highest BCUT2D eigenvalue weighted by Gasteiger charge is 2.23. The van der Waals surface area contributed by atoms with Gasteiger partial charge in [-0.25, -0.2) is 13.2 Å². The maximum Gasteiger partial charge on any atom is 0.326 e. The molecule has 1 rings (SSSR count). The van der Waals surface area contributed by atoms with E-state index in [0.29, 0.717) is 12.2 Å². The summed E-state index contributed by atoms with van der Waals surface area (Å²) in [5, 5.41) is 11.3. The van der Waals surface area contributed by atoms with Crippen LogP contribution in [0, 0.1) is 0 Å². The summed E-state index contributed by atoms with van der Waals surface area (Å²) in [5.41, 5.74) is 0.287. The summed E-state index contributed by atoms with van der Waals surface area (Å²) in [4.78, 5) is 23.0. The van der Waals surface area contributed by atoms with Gasteiger partial charge in [0.25, 0.3) is 0 Å². The molecule has 0 aromatic heterocycles. The lowest BCUT2D eigenvalue weighted by molar-refractivity contribution is -0.141. The molecule has 0 saturated heterocycles. The van der Waals surface area contributed by atoms with Gasteiger partial charge < -0.3 is 15.2 Å². The number of benzene rings is 1. The van der Waals surface area contributed by atoms with Crippen molar-refractivity contribution in [3.8, 4) is 5.75 Å². The van der Waals surface area contributed by atoms with Crippen LogP contribution in [-0.4, -0.2) is 43.3 Å².